The van der Waals surface area contributed by atoms with E-state index in [9.17, 15) is 9.59 Å². The predicted molar refractivity (Wildman–Crippen MR) is 140 cm³/mol. The van der Waals surface area contributed by atoms with E-state index in [4.69, 9.17) is 28.8 Å². The van der Waals surface area contributed by atoms with E-state index >= 15 is 0 Å². The summed E-state index contributed by atoms with van der Waals surface area (Å²) >= 11 is 0. The molecule has 2 aromatic carbocycles. The Labute approximate surface area is 217 Å². The second-order valence-corrected chi connectivity index (χ2v) is 7.87. The van der Waals surface area contributed by atoms with Crippen molar-refractivity contribution in [2.45, 2.75) is 32.5 Å². The van der Waals surface area contributed by atoms with Crippen molar-refractivity contribution < 1.29 is 38.4 Å². The number of amides is 1. The number of nitrogens with one attached hydrogen (secondary N) is 1. The van der Waals surface area contributed by atoms with E-state index in [1.807, 2.05) is 6.08 Å². The first-order valence-corrected chi connectivity index (χ1v) is 11.9. The summed E-state index contributed by atoms with van der Waals surface area (Å²) in [5.74, 6) is 0.833. The van der Waals surface area contributed by atoms with Gasteiger partial charge in [-0.25, -0.2) is 9.59 Å². The van der Waals surface area contributed by atoms with Crippen molar-refractivity contribution in [2.24, 2.45) is 0 Å². The lowest BCUT2D eigenvalue weighted by Gasteiger charge is -2.26. The van der Waals surface area contributed by atoms with Crippen LogP contribution in [0.1, 0.15) is 31.9 Å². The molecular weight excluding hydrogens is 478 g/mol. The van der Waals surface area contributed by atoms with Gasteiger partial charge in [0.25, 0.3) is 0 Å². The first-order valence-electron chi connectivity index (χ1n) is 11.9. The minimum atomic E-state index is -0.755. The molecule has 0 radical (unpaired) electrons. The Kier molecular flexibility index (Phi) is 12.7. The van der Waals surface area contributed by atoms with Crippen LogP contribution in [0.2, 0.25) is 0 Å². The number of esters is 1. The van der Waals surface area contributed by atoms with Crippen LogP contribution < -0.4 is 14.8 Å². The van der Waals surface area contributed by atoms with E-state index in [1.165, 1.54) is 13.2 Å². The highest BCUT2D eigenvalue weighted by Crippen LogP contribution is 2.28. The van der Waals surface area contributed by atoms with Gasteiger partial charge in [-0.1, -0.05) is 24.3 Å². The molecule has 2 rings (SSSR count). The second-order valence-electron chi connectivity index (χ2n) is 7.87. The Balaban J connectivity index is 2.20. The topological polar surface area (TPSA) is 113 Å². The van der Waals surface area contributed by atoms with Gasteiger partial charge in [-0.2, -0.15) is 0 Å². The molecule has 0 aliphatic heterocycles. The third kappa shape index (κ3) is 10.4. The minimum Gasteiger partial charge on any atom is -0.497 e. The smallest absolute Gasteiger partial charge is 0.412 e. The summed E-state index contributed by atoms with van der Waals surface area (Å²) in [7, 11) is 3.10. The lowest BCUT2D eigenvalue weighted by molar-refractivity contribution is -0.137. The molecule has 0 aliphatic carbocycles. The third-order valence-electron chi connectivity index (χ3n) is 5.16. The van der Waals surface area contributed by atoms with Crippen LogP contribution in [0, 0.1) is 0 Å². The van der Waals surface area contributed by atoms with Gasteiger partial charge < -0.3 is 28.8 Å². The van der Waals surface area contributed by atoms with E-state index in [1.54, 1.807) is 75.6 Å². The molecule has 1 amide bonds. The Morgan fingerprint density at radius 1 is 1.03 bits per heavy atom. The highest BCUT2D eigenvalue weighted by Gasteiger charge is 2.27. The molecule has 9 heteroatoms. The van der Waals surface area contributed by atoms with Crippen molar-refractivity contribution in [2.75, 3.05) is 39.4 Å². The van der Waals surface area contributed by atoms with Crippen molar-refractivity contribution in [1.82, 2.24) is 0 Å². The van der Waals surface area contributed by atoms with Crippen molar-refractivity contribution in [3.63, 3.8) is 0 Å². The molecule has 0 fully saturated rings. The normalized spacial score (nSPS) is 13.1. The van der Waals surface area contributed by atoms with Crippen LogP contribution in [0.4, 0.5) is 10.5 Å². The molecule has 37 heavy (non-hydrogen) atoms. The van der Waals surface area contributed by atoms with Crippen LogP contribution >= 0.6 is 0 Å². The number of hydrogen-bond donors (Lipinski definition) is 2. The first kappa shape index (κ1) is 29.4. The molecule has 9 nitrogen and oxygen atoms in total. The summed E-state index contributed by atoms with van der Waals surface area (Å²) in [5.41, 5.74) is 1.96. The number of anilines is 1. The molecule has 0 aromatic heterocycles. The highest BCUT2D eigenvalue weighted by atomic mass is 16.6. The summed E-state index contributed by atoms with van der Waals surface area (Å²) < 4.78 is 27.0. The number of aliphatic hydroxyl groups excluding tert-OH is 1. The number of rotatable bonds is 14. The first-order chi connectivity index (χ1) is 17.9. The van der Waals surface area contributed by atoms with Crippen LogP contribution in [0.3, 0.4) is 0 Å². The average molecular weight is 514 g/mol. The van der Waals surface area contributed by atoms with E-state index in [0.29, 0.717) is 41.4 Å². The van der Waals surface area contributed by atoms with Gasteiger partial charge >= 0.3 is 12.1 Å². The van der Waals surface area contributed by atoms with Gasteiger partial charge in [0.15, 0.2) is 6.10 Å². The molecule has 0 aliphatic rings. The monoisotopic (exact) mass is 513 g/mol. The van der Waals surface area contributed by atoms with Gasteiger partial charge in [-0.05, 0) is 67.8 Å². The van der Waals surface area contributed by atoms with E-state index in [-0.39, 0.29) is 13.2 Å². The number of ether oxygens (including phenoxy) is 5. The summed E-state index contributed by atoms with van der Waals surface area (Å²) in [6, 6.07) is 13.9. The van der Waals surface area contributed by atoms with Crippen LogP contribution in [-0.2, 0) is 19.0 Å². The Morgan fingerprint density at radius 3 is 2.30 bits per heavy atom. The van der Waals surface area contributed by atoms with E-state index in [0.717, 1.165) is 0 Å². The molecule has 0 saturated carbocycles. The molecule has 0 bridgehead atoms. The molecule has 2 atom stereocenters. The summed E-state index contributed by atoms with van der Waals surface area (Å²) in [6.07, 6.45) is 3.49. The number of aliphatic hydroxyl groups is 1. The second kappa shape index (κ2) is 16.0. The highest BCUT2D eigenvalue weighted by molar-refractivity contribution is 5.85. The number of carbonyl (C=O) groups excluding carboxylic acids is 2. The Hall–Kier alpha value is -3.82. The van der Waals surface area contributed by atoms with Crippen LogP contribution in [0.15, 0.2) is 72.3 Å². The molecule has 0 spiro atoms. The Morgan fingerprint density at radius 2 is 1.70 bits per heavy atom. The van der Waals surface area contributed by atoms with E-state index in [2.05, 4.69) is 5.32 Å². The number of allylic oxidation sites excluding steroid dienone is 2. The molecule has 2 N–H and O–H groups in total. The van der Waals surface area contributed by atoms with Crippen molar-refractivity contribution in [1.29, 1.82) is 0 Å². The zero-order valence-electron chi connectivity index (χ0n) is 21.6. The van der Waals surface area contributed by atoms with Crippen LogP contribution in [-0.4, -0.2) is 57.3 Å². The minimum absolute atomic E-state index is 0.0961. The van der Waals surface area contributed by atoms with Crippen molar-refractivity contribution in [3.8, 4) is 11.5 Å². The fourth-order valence-electron chi connectivity index (χ4n) is 3.36. The summed E-state index contributed by atoms with van der Waals surface area (Å²) in [6.45, 7) is 3.92. The fraction of sp³-hybridized carbons (Fsp3) is 0.357. The van der Waals surface area contributed by atoms with Gasteiger partial charge in [0.1, 0.15) is 24.2 Å². The molecule has 200 valence electrons. The lowest BCUT2D eigenvalue weighted by atomic mass is 10.0. The third-order valence-corrected chi connectivity index (χ3v) is 5.16. The lowest BCUT2D eigenvalue weighted by Crippen LogP contribution is -2.27. The summed E-state index contributed by atoms with van der Waals surface area (Å²) in [5, 5.41) is 11.7. The van der Waals surface area contributed by atoms with Crippen LogP contribution in [0.25, 0.3) is 0 Å². The SMILES string of the molecule is CCOC(=O)/C=C(C)/C=C/C[C@H](OC)[C@@H](OC(=O)Nc1ccc(OC)cc1)c1ccc(OCCO)cc1. The number of methoxy groups -OCH3 is 2. The molecule has 0 saturated heterocycles. The van der Waals surface area contributed by atoms with Gasteiger partial charge in [0, 0.05) is 18.9 Å². The maximum absolute atomic E-state index is 12.8. The molecular formula is C28H35NO8. The average Bonchev–Trinajstić information content (AvgIpc) is 2.89. The zero-order valence-corrected chi connectivity index (χ0v) is 21.6. The molecule has 0 heterocycles. The van der Waals surface area contributed by atoms with Gasteiger partial charge in [0.2, 0.25) is 0 Å². The van der Waals surface area contributed by atoms with Gasteiger partial charge in [-0.15, -0.1) is 0 Å². The van der Waals surface area contributed by atoms with Gasteiger partial charge in [-0.3, -0.25) is 5.32 Å². The maximum Gasteiger partial charge on any atom is 0.412 e. The predicted octanol–water partition coefficient (Wildman–Crippen LogP) is 4.83. The zero-order chi connectivity index (χ0) is 27.0. The van der Waals surface area contributed by atoms with Crippen molar-refractivity contribution in [3.05, 3.63) is 77.9 Å². The number of benzene rings is 2. The number of carbonyl (C=O) groups is 2. The van der Waals surface area contributed by atoms with E-state index < -0.39 is 24.3 Å². The van der Waals surface area contributed by atoms with Gasteiger partial charge in [0.05, 0.1) is 20.3 Å². The largest absolute Gasteiger partial charge is 0.497 e. The standard InChI is InChI=1S/C28H35NO8/c1-5-35-26(31)19-20(2)7-6-8-25(34-4)27(21-9-13-24(14-10-21)36-18-17-30)37-28(32)29-22-11-15-23(33-3)16-12-22/h6-7,9-16,19,25,27,30H,5,8,17-18H2,1-4H3,(H,29,32)/b7-6+,20-19+/t25-,27-/m0/s1. The maximum atomic E-state index is 12.8. The fourth-order valence-corrected chi connectivity index (χ4v) is 3.36. The van der Waals surface area contributed by atoms with Crippen LogP contribution in [0.5, 0.6) is 11.5 Å². The van der Waals surface area contributed by atoms with Crippen molar-refractivity contribution >= 4 is 17.7 Å². The Bertz CT molecular complexity index is 1030. The number of hydrogen-bond acceptors (Lipinski definition) is 8. The molecule has 0 unspecified atom stereocenters. The quantitative estimate of drug-likeness (QED) is 0.210. The molecule has 2 aromatic rings. The summed E-state index contributed by atoms with van der Waals surface area (Å²) in [4.78, 5) is 24.4.